The lowest BCUT2D eigenvalue weighted by Crippen LogP contribution is -2.08. The summed E-state index contributed by atoms with van der Waals surface area (Å²) in [6.07, 6.45) is 0. The fourth-order valence-electron chi connectivity index (χ4n) is 1.79. The van der Waals surface area contributed by atoms with Gasteiger partial charge in [0.25, 0.3) is 0 Å². The molecule has 0 saturated carbocycles. The van der Waals surface area contributed by atoms with Crippen molar-refractivity contribution >= 4 is 28.3 Å². The molecular formula is C14H12F2INO. The van der Waals surface area contributed by atoms with E-state index in [0.717, 1.165) is 9.26 Å². The third-order valence-corrected chi connectivity index (χ3v) is 3.65. The highest BCUT2D eigenvalue weighted by Crippen LogP contribution is 2.29. The Kier molecular flexibility index (Phi) is 4.24. The molecule has 100 valence electrons. The predicted octanol–water partition coefficient (Wildman–Crippen LogP) is 4.45. The van der Waals surface area contributed by atoms with Gasteiger partial charge in [0.05, 0.1) is 6.04 Å². The third kappa shape index (κ3) is 3.34. The lowest BCUT2D eigenvalue weighted by Gasteiger charge is -2.18. The number of nitrogens with one attached hydrogen (secondary N) is 1. The van der Waals surface area contributed by atoms with E-state index in [4.69, 9.17) is 0 Å². The zero-order valence-corrected chi connectivity index (χ0v) is 12.3. The minimum absolute atomic E-state index is 0.0264. The van der Waals surface area contributed by atoms with Crippen LogP contribution in [0.4, 0.5) is 14.5 Å². The highest BCUT2D eigenvalue weighted by Gasteiger charge is 2.12. The first-order valence-electron chi connectivity index (χ1n) is 5.67. The van der Waals surface area contributed by atoms with Gasteiger partial charge in [0.2, 0.25) is 0 Å². The maximum Gasteiger partial charge on any atom is 0.124 e. The largest absolute Gasteiger partial charge is 0.508 e. The molecule has 2 nitrogen and oxygen atoms in total. The molecule has 19 heavy (non-hydrogen) atoms. The lowest BCUT2D eigenvalue weighted by atomic mass is 10.1. The Hall–Kier alpha value is -1.37. The molecule has 2 rings (SSSR count). The Morgan fingerprint density at radius 3 is 2.42 bits per heavy atom. The quantitative estimate of drug-likeness (QED) is 0.778. The van der Waals surface area contributed by atoms with E-state index in [1.165, 1.54) is 30.3 Å². The summed E-state index contributed by atoms with van der Waals surface area (Å²) < 4.78 is 26.9. The Morgan fingerprint density at radius 2 is 1.74 bits per heavy atom. The van der Waals surface area contributed by atoms with Crippen LogP contribution in [0.5, 0.6) is 5.75 Å². The molecule has 2 N–H and O–H groups in total. The Morgan fingerprint density at radius 1 is 1.11 bits per heavy atom. The summed E-state index contributed by atoms with van der Waals surface area (Å²) in [6.45, 7) is 1.80. The molecule has 0 aliphatic carbocycles. The van der Waals surface area contributed by atoms with E-state index in [-0.39, 0.29) is 17.6 Å². The predicted molar refractivity (Wildman–Crippen MR) is 79.2 cm³/mol. The van der Waals surface area contributed by atoms with E-state index in [0.29, 0.717) is 5.56 Å². The van der Waals surface area contributed by atoms with Crippen LogP contribution in [0.2, 0.25) is 0 Å². The fraction of sp³-hybridized carbons (Fsp3) is 0.143. The van der Waals surface area contributed by atoms with Crippen LogP contribution in [0, 0.1) is 15.2 Å². The monoisotopic (exact) mass is 375 g/mol. The topological polar surface area (TPSA) is 32.3 Å². The van der Waals surface area contributed by atoms with E-state index < -0.39 is 5.82 Å². The van der Waals surface area contributed by atoms with Crippen LogP contribution >= 0.6 is 22.6 Å². The molecule has 0 spiro atoms. The van der Waals surface area contributed by atoms with Crippen LogP contribution in [0.15, 0.2) is 36.4 Å². The standard InChI is InChI=1S/C14H12F2INO/c1-8(11-6-9(15)3-5-14(11)19)18-13-4-2-10(16)7-12(13)17/h2-8,18-19H,1H3. The Balaban J connectivity index is 2.25. The number of hydrogen-bond donors (Lipinski definition) is 2. The molecule has 0 aromatic heterocycles. The number of hydrogen-bond acceptors (Lipinski definition) is 2. The van der Waals surface area contributed by atoms with Crippen molar-refractivity contribution < 1.29 is 13.9 Å². The molecular weight excluding hydrogens is 363 g/mol. The maximum absolute atomic E-state index is 13.2. The van der Waals surface area contributed by atoms with Crippen LogP contribution in [0.3, 0.4) is 0 Å². The van der Waals surface area contributed by atoms with E-state index in [9.17, 15) is 13.9 Å². The minimum Gasteiger partial charge on any atom is -0.508 e. The molecule has 0 fully saturated rings. The van der Waals surface area contributed by atoms with Gasteiger partial charge >= 0.3 is 0 Å². The van der Waals surface area contributed by atoms with Crippen molar-refractivity contribution in [1.82, 2.24) is 0 Å². The van der Waals surface area contributed by atoms with Gasteiger partial charge in [0.15, 0.2) is 0 Å². The summed E-state index contributed by atoms with van der Waals surface area (Å²) in [5.74, 6) is -0.690. The van der Waals surface area contributed by atoms with Gasteiger partial charge in [-0.05, 0) is 65.9 Å². The fourth-order valence-corrected chi connectivity index (χ4v) is 2.42. The SMILES string of the molecule is CC(Nc1ccc(F)cc1I)c1cc(F)ccc1O. The van der Waals surface area contributed by atoms with Crippen molar-refractivity contribution in [3.63, 3.8) is 0 Å². The van der Waals surface area contributed by atoms with Crippen molar-refractivity contribution in [3.8, 4) is 5.75 Å². The molecule has 1 unspecified atom stereocenters. The molecule has 0 aliphatic heterocycles. The second kappa shape index (κ2) is 5.73. The van der Waals surface area contributed by atoms with Crippen molar-refractivity contribution in [3.05, 3.63) is 57.2 Å². The zero-order chi connectivity index (χ0) is 14.0. The van der Waals surface area contributed by atoms with E-state index >= 15 is 0 Å². The summed E-state index contributed by atoms with van der Waals surface area (Å²) in [5.41, 5.74) is 1.19. The van der Waals surface area contributed by atoms with E-state index in [2.05, 4.69) is 5.32 Å². The molecule has 0 aliphatic rings. The Labute approximate surface area is 123 Å². The summed E-state index contributed by atoms with van der Waals surface area (Å²) in [7, 11) is 0. The Bertz CT molecular complexity index is 604. The summed E-state index contributed by atoms with van der Waals surface area (Å²) >= 11 is 2.02. The molecule has 0 radical (unpaired) electrons. The first-order chi connectivity index (χ1) is 8.97. The maximum atomic E-state index is 13.2. The van der Waals surface area contributed by atoms with Crippen LogP contribution in [0.25, 0.3) is 0 Å². The van der Waals surface area contributed by atoms with Gasteiger partial charge in [0, 0.05) is 14.8 Å². The van der Waals surface area contributed by atoms with Crippen LogP contribution in [-0.4, -0.2) is 5.11 Å². The summed E-state index contributed by atoms with van der Waals surface area (Å²) in [4.78, 5) is 0. The average molecular weight is 375 g/mol. The smallest absolute Gasteiger partial charge is 0.124 e. The van der Waals surface area contributed by atoms with Gasteiger partial charge in [-0.15, -0.1) is 0 Å². The van der Waals surface area contributed by atoms with Gasteiger partial charge in [0.1, 0.15) is 17.4 Å². The number of anilines is 1. The molecule has 5 heteroatoms. The number of halogens is 3. The molecule has 2 aromatic carbocycles. The van der Waals surface area contributed by atoms with Crippen LogP contribution < -0.4 is 5.32 Å². The number of aromatic hydroxyl groups is 1. The summed E-state index contributed by atoms with van der Waals surface area (Å²) in [5, 5.41) is 12.8. The summed E-state index contributed by atoms with van der Waals surface area (Å²) in [6, 6.07) is 7.87. The highest BCUT2D eigenvalue weighted by atomic mass is 127. The lowest BCUT2D eigenvalue weighted by molar-refractivity contribution is 0.462. The van der Waals surface area contributed by atoms with Crippen molar-refractivity contribution in [2.24, 2.45) is 0 Å². The minimum atomic E-state index is -0.407. The van der Waals surface area contributed by atoms with Crippen molar-refractivity contribution in [1.29, 1.82) is 0 Å². The van der Waals surface area contributed by atoms with Crippen molar-refractivity contribution in [2.45, 2.75) is 13.0 Å². The molecule has 1 atom stereocenters. The zero-order valence-electron chi connectivity index (χ0n) is 10.1. The van der Waals surface area contributed by atoms with Gasteiger partial charge in [-0.1, -0.05) is 0 Å². The molecule has 0 saturated heterocycles. The average Bonchev–Trinajstić information content (AvgIpc) is 2.35. The normalized spacial score (nSPS) is 12.2. The van der Waals surface area contributed by atoms with Gasteiger partial charge in [-0.3, -0.25) is 0 Å². The molecule has 0 bridgehead atoms. The highest BCUT2D eigenvalue weighted by molar-refractivity contribution is 14.1. The molecule has 0 heterocycles. The van der Waals surface area contributed by atoms with E-state index in [1.54, 1.807) is 13.0 Å². The second-order valence-corrected chi connectivity index (χ2v) is 5.36. The number of phenols is 1. The van der Waals surface area contributed by atoms with Gasteiger partial charge in [-0.2, -0.15) is 0 Å². The first kappa shape index (κ1) is 14.0. The number of rotatable bonds is 3. The number of benzene rings is 2. The third-order valence-electron chi connectivity index (χ3n) is 2.76. The second-order valence-electron chi connectivity index (χ2n) is 4.19. The van der Waals surface area contributed by atoms with Crippen LogP contribution in [-0.2, 0) is 0 Å². The van der Waals surface area contributed by atoms with Crippen LogP contribution in [0.1, 0.15) is 18.5 Å². The first-order valence-corrected chi connectivity index (χ1v) is 6.75. The molecule has 0 amide bonds. The molecule has 2 aromatic rings. The van der Waals surface area contributed by atoms with E-state index in [1.807, 2.05) is 22.6 Å². The van der Waals surface area contributed by atoms with Gasteiger partial charge < -0.3 is 10.4 Å². The van der Waals surface area contributed by atoms with Crippen molar-refractivity contribution in [2.75, 3.05) is 5.32 Å². The van der Waals surface area contributed by atoms with Gasteiger partial charge in [-0.25, -0.2) is 8.78 Å². The number of phenolic OH excluding ortho intramolecular Hbond substituents is 1.